The van der Waals surface area contributed by atoms with Crippen molar-refractivity contribution in [2.45, 2.75) is 13.2 Å². The molecule has 0 aromatic carbocycles. The third kappa shape index (κ3) is 2.32. The number of hydrogen-bond donors (Lipinski definition) is 1. The normalized spacial score (nSPS) is 9.75. The third-order valence-corrected chi connectivity index (χ3v) is 1.41. The predicted octanol–water partition coefficient (Wildman–Crippen LogP) is -1.78. The number of aliphatic carboxylic acids is 1. The van der Waals surface area contributed by atoms with E-state index in [9.17, 15) is 9.90 Å². The van der Waals surface area contributed by atoms with E-state index in [1.807, 2.05) is 0 Å². The molecular weight excluding hydrogens is 158 g/mol. The molecule has 0 fully saturated rings. The number of carboxylic acids is 1. The molecule has 0 saturated carbocycles. The summed E-state index contributed by atoms with van der Waals surface area (Å²) >= 11 is 0. The van der Waals surface area contributed by atoms with Gasteiger partial charge in [0.25, 0.3) is 0 Å². The second-order valence-electron chi connectivity index (χ2n) is 2.41. The molecule has 0 aliphatic carbocycles. The largest absolute Gasteiger partial charge is 0.544 e. The number of carbonyl (C=O) groups excluding carboxylic acids is 1. The Labute approximate surface area is 69.7 Å². The molecule has 1 rings (SSSR count). The smallest absolute Gasteiger partial charge is 0.187 e. The van der Waals surface area contributed by atoms with Crippen LogP contribution in [0, 0.1) is 0 Å². The summed E-state index contributed by atoms with van der Waals surface area (Å²) in [4.78, 5) is 10.2. The Hall–Kier alpha value is -1.42. The topological polar surface area (TPSA) is 64.2 Å². The number of nitrogens with zero attached hydrogens (tertiary/aromatic N) is 1. The highest BCUT2D eigenvalue weighted by Crippen LogP contribution is 1.91. The summed E-state index contributed by atoms with van der Waals surface area (Å²) in [5, 5.41) is 18.9. The van der Waals surface area contributed by atoms with Crippen LogP contribution in [0.25, 0.3) is 0 Å². The minimum atomic E-state index is -1.14. The first kappa shape index (κ1) is 8.67. The molecule has 12 heavy (non-hydrogen) atoms. The maximum Gasteiger partial charge on any atom is 0.187 e. The highest BCUT2D eigenvalue weighted by atomic mass is 16.4. The van der Waals surface area contributed by atoms with Gasteiger partial charge in [-0.1, -0.05) is 0 Å². The van der Waals surface area contributed by atoms with Crippen molar-refractivity contribution in [1.29, 1.82) is 0 Å². The molecule has 1 aromatic rings. The fourth-order valence-electron chi connectivity index (χ4n) is 0.917. The SMILES string of the molecule is O=C([O-])C[n+]1cccc(CO)c1. The van der Waals surface area contributed by atoms with Crippen molar-refractivity contribution < 1.29 is 19.6 Å². The average Bonchev–Trinajstić information content (AvgIpc) is 2.03. The van der Waals surface area contributed by atoms with Gasteiger partial charge in [-0.25, -0.2) is 0 Å². The molecule has 0 radical (unpaired) electrons. The molecule has 1 heterocycles. The molecule has 4 heteroatoms. The number of carboxylic acid groups (broad SMARTS) is 1. The van der Waals surface area contributed by atoms with E-state index in [1.165, 1.54) is 4.57 Å². The Kier molecular flexibility index (Phi) is 2.76. The molecule has 0 unspecified atom stereocenters. The van der Waals surface area contributed by atoms with Gasteiger partial charge in [0.15, 0.2) is 18.9 Å². The van der Waals surface area contributed by atoms with Crippen LogP contribution >= 0.6 is 0 Å². The van der Waals surface area contributed by atoms with Crippen LogP contribution in [-0.4, -0.2) is 11.1 Å². The van der Waals surface area contributed by atoms with E-state index in [0.717, 1.165) is 0 Å². The number of aliphatic hydroxyl groups excluding tert-OH is 1. The fourth-order valence-corrected chi connectivity index (χ4v) is 0.917. The minimum Gasteiger partial charge on any atom is -0.544 e. The van der Waals surface area contributed by atoms with Crippen LogP contribution in [0.5, 0.6) is 0 Å². The lowest BCUT2D eigenvalue weighted by molar-refractivity contribution is -0.691. The van der Waals surface area contributed by atoms with Crippen molar-refractivity contribution in [2.24, 2.45) is 0 Å². The van der Waals surface area contributed by atoms with Gasteiger partial charge in [-0.3, -0.25) is 0 Å². The van der Waals surface area contributed by atoms with Crippen molar-refractivity contribution >= 4 is 5.97 Å². The molecule has 0 spiro atoms. The number of aliphatic hydroxyl groups is 1. The van der Waals surface area contributed by atoms with Crippen molar-refractivity contribution in [3.05, 3.63) is 30.1 Å². The monoisotopic (exact) mass is 167 g/mol. The van der Waals surface area contributed by atoms with Crippen LogP contribution in [0.3, 0.4) is 0 Å². The number of hydrogen-bond acceptors (Lipinski definition) is 3. The standard InChI is InChI=1S/C8H9NO3/c10-6-7-2-1-3-9(4-7)5-8(11)12/h1-4,10H,5-6H2. The van der Waals surface area contributed by atoms with Gasteiger partial charge in [0.1, 0.15) is 5.97 Å². The van der Waals surface area contributed by atoms with Crippen molar-refractivity contribution in [3.63, 3.8) is 0 Å². The molecule has 0 aliphatic rings. The molecular formula is C8H9NO3. The molecule has 0 atom stereocenters. The Morgan fingerprint density at radius 1 is 1.67 bits per heavy atom. The van der Waals surface area contributed by atoms with Crippen molar-refractivity contribution in [2.75, 3.05) is 0 Å². The van der Waals surface area contributed by atoms with Gasteiger partial charge in [-0.15, -0.1) is 0 Å². The quantitative estimate of drug-likeness (QED) is 0.541. The van der Waals surface area contributed by atoms with Crippen LogP contribution in [-0.2, 0) is 17.9 Å². The summed E-state index contributed by atoms with van der Waals surface area (Å²) in [6, 6.07) is 3.39. The van der Waals surface area contributed by atoms with Gasteiger partial charge >= 0.3 is 0 Å². The average molecular weight is 167 g/mol. The summed E-state index contributed by atoms with van der Waals surface area (Å²) in [5.74, 6) is -1.14. The van der Waals surface area contributed by atoms with E-state index in [-0.39, 0.29) is 13.2 Å². The number of rotatable bonds is 3. The zero-order chi connectivity index (χ0) is 8.97. The van der Waals surface area contributed by atoms with E-state index >= 15 is 0 Å². The van der Waals surface area contributed by atoms with Crippen LogP contribution < -0.4 is 9.67 Å². The van der Waals surface area contributed by atoms with Gasteiger partial charge < -0.3 is 15.0 Å². The van der Waals surface area contributed by atoms with Crippen LogP contribution in [0.4, 0.5) is 0 Å². The molecule has 0 amide bonds. The summed E-state index contributed by atoms with van der Waals surface area (Å²) in [6.07, 6.45) is 3.17. The molecule has 0 bridgehead atoms. The van der Waals surface area contributed by atoms with Gasteiger partial charge in [-0.05, 0) is 6.07 Å². The number of pyridine rings is 1. The fraction of sp³-hybridized carbons (Fsp3) is 0.250. The van der Waals surface area contributed by atoms with E-state index in [2.05, 4.69) is 0 Å². The molecule has 4 nitrogen and oxygen atoms in total. The first-order valence-corrected chi connectivity index (χ1v) is 3.51. The summed E-state index contributed by atoms with van der Waals surface area (Å²) in [7, 11) is 0. The van der Waals surface area contributed by atoms with Crippen LogP contribution in [0.15, 0.2) is 24.5 Å². The van der Waals surface area contributed by atoms with E-state index in [4.69, 9.17) is 5.11 Å². The Bertz CT molecular complexity index is 285. The lowest BCUT2D eigenvalue weighted by atomic mass is 10.3. The van der Waals surface area contributed by atoms with E-state index in [1.54, 1.807) is 24.5 Å². The van der Waals surface area contributed by atoms with Crippen molar-refractivity contribution in [1.82, 2.24) is 0 Å². The van der Waals surface area contributed by atoms with Crippen LogP contribution in [0.1, 0.15) is 5.56 Å². The summed E-state index contributed by atoms with van der Waals surface area (Å²) in [6.45, 7) is -0.276. The highest BCUT2D eigenvalue weighted by molar-refractivity contribution is 5.62. The first-order chi connectivity index (χ1) is 5.72. The Morgan fingerprint density at radius 3 is 3.00 bits per heavy atom. The van der Waals surface area contributed by atoms with Gasteiger partial charge in [0.05, 0.1) is 6.61 Å². The van der Waals surface area contributed by atoms with E-state index in [0.29, 0.717) is 5.56 Å². The van der Waals surface area contributed by atoms with Crippen molar-refractivity contribution in [3.8, 4) is 0 Å². The molecule has 1 aromatic heterocycles. The molecule has 0 aliphatic heterocycles. The Balaban J connectivity index is 2.79. The highest BCUT2D eigenvalue weighted by Gasteiger charge is 2.00. The molecule has 1 N–H and O–H groups in total. The lowest BCUT2D eigenvalue weighted by Gasteiger charge is -1.98. The third-order valence-electron chi connectivity index (χ3n) is 1.41. The summed E-state index contributed by atoms with van der Waals surface area (Å²) < 4.78 is 1.45. The maximum absolute atomic E-state index is 10.2. The molecule has 0 saturated heterocycles. The second-order valence-corrected chi connectivity index (χ2v) is 2.41. The molecule has 64 valence electrons. The predicted molar refractivity (Wildman–Crippen MR) is 37.6 cm³/mol. The van der Waals surface area contributed by atoms with Gasteiger partial charge in [0, 0.05) is 11.6 Å². The zero-order valence-corrected chi connectivity index (χ0v) is 6.43. The van der Waals surface area contributed by atoms with E-state index < -0.39 is 5.97 Å². The minimum absolute atomic E-state index is 0.0894. The van der Waals surface area contributed by atoms with Crippen LogP contribution in [0.2, 0.25) is 0 Å². The first-order valence-electron chi connectivity index (χ1n) is 3.51. The van der Waals surface area contributed by atoms with Gasteiger partial charge in [0.2, 0.25) is 0 Å². The number of carbonyl (C=O) groups is 1. The number of aromatic nitrogens is 1. The maximum atomic E-state index is 10.2. The van der Waals surface area contributed by atoms with Gasteiger partial charge in [-0.2, -0.15) is 4.57 Å². The lowest BCUT2D eigenvalue weighted by Crippen LogP contribution is -2.43. The zero-order valence-electron chi connectivity index (χ0n) is 6.43. The summed E-state index contributed by atoms with van der Waals surface area (Å²) in [5.41, 5.74) is 0.679. The Morgan fingerprint density at radius 2 is 2.42 bits per heavy atom. The second kappa shape index (κ2) is 3.82.